The van der Waals surface area contributed by atoms with E-state index in [-0.39, 0.29) is 23.0 Å². The number of nitrogens with two attached hydrogens (primary N) is 1. The van der Waals surface area contributed by atoms with Crippen LogP contribution in [0.25, 0.3) is 0 Å². The van der Waals surface area contributed by atoms with Crippen molar-refractivity contribution in [1.29, 1.82) is 0 Å². The maximum atomic E-state index is 12.2. The van der Waals surface area contributed by atoms with E-state index in [2.05, 4.69) is 5.32 Å². The van der Waals surface area contributed by atoms with Crippen LogP contribution in [0, 0.1) is 10.1 Å². The Balaban J connectivity index is 1.94. The summed E-state index contributed by atoms with van der Waals surface area (Å²) in [4.78, 5) is 12.1. The van der Waals surface area contributed by atoms with E-state index in [0.717, 1.165) is 6.07 Å². The number of hydrogen-bond acceptors (Lipinski definition) is 6. The van der Waals surface area contributed by atoms with Gasteiger partial charge in [0.05, 0.1) is 9.82 Å². The fourth-order valence-electron chi connectivity index (χ4n) is 2.99. The first-order valence-electron chi connectivity index (χ1n) is 8.32. The Morgan fingerprint density at radius 3 is 2.44 bits per heavy atom. The van der Waals surface area contributed by atoms with Crippen molar-refractivity contribution in [3.63, 3.8) is 0 Å². The highest BCUT2D eigenvalue weighted by atomic mass is 32.2. The van der Waals surface area contributed by atoms with E-state index in [1.54, 1.807) is 0 Å². The number of alkyl halides is 3. The van der Waals surface area contributed by atoms with E-state index < -0.39 is 33.2 Å². The van der Waals surface area contributed by atoms with Crippen LogP contribution >= 0.6 is 0 Å². The lowest BCUT2D eigenvalue weighted by Gasteiger charge is -2.32. The van der Waals surface area contributed by atoms with Gasteiger partial charge in [0.25, 0.3) is 5.69 Å². The minimum atomic E-state index is -4.15. The minimum absolute atomic E-state index is 0.0437. The molecule has 1 aromatic rings. The van der Waals surface area contributed by atoms with E-state index >= 15 is 0 Å². The fourth-order valence-corrected chi connectivity index (χ4v) is 3.52. The summed E-state index contributed by atoms with van der Waals surface area (Å²) in [6.07, 6.45) is -3.70. The van der Waals surface area contributed by atoms with Gasteiger partial charge in [0.2, 0.25) is 10.0 Å². The number of primary sulfonamides is 1. The highest BCUT2D eigenvalue weighted by molar-refractivity contribution is 7.89. The van der Waals surface area contributed by atoms with Gasteiger partial charge in [-0.05, 0) is 37.9 Å². The zero-order valence-corrected chi connectivity index (χ0v) is 15.2. The molecule has 0 unspecified atom stereocenters. The fraction of sp³-hybridized carbons (Fsp3) is 0.600. The monoisotopic (exact) mass is 410 g/mol. The lowest BCUT2D eigenvalue weighted by molar-refractivity contribution is -0.384. The largest absolute Gasteiger partial charge is 0.389 e. The van der Waals surface area contributed by atoms with Crippen molar-refractivity contribution in [2.24, 2.45) is 5.14 Å². The molecule has 0 saturated carbocycles. The van der Waals surface area contributed by atoms with Gasteiger partial charge in [-0.25, -0.2) is 13.6 Å². The van der Waals surface area contributed by atoms with Gasteiger partial charge < -0.3 is 10.2 Å². The van der Waals surface area contributed by atoms with Crippen LogP contribution in [0.2, 0.25) is 0 Å². The Labute approximate surface area is 154 Å². The Kier molecular flexibility index (Phi) is 6.65. The second-order valence-corrected chi connectivity index (χ2v) is 8.02. The summed E-state index contributed by atoms with van der Waals surface area (Å²) in [7, 11) is -4.05. The SMILES string of the molecule is NS(=O)(=O)c1ccc(NC2CCN(CCCC(F)(F)F)CC2)c([N+](=O)[O-])c1. The Bertz CT molecular complexity index is 778. The molecule has 2 rings (SSSR count). The van der Waals surface area contributed by atoms with Gasteiger partial charge in [0.1, 0.15) is 5.69 Å². The molecular weight excluding hydrogens is 389 g/mol. The molecule has 27 heavy (non-hydrogen) atoms. The van der Waals surface area contributed by atoms with Gasteiger partial charge in [-0.1, -0.05) is 0 Å². The molecule has 1 aliphatic heterocycles. The third-order valence-corrected chi connectivity index (χ3v) is 5.29. The van der Waals surface area contributed by atoms with E-state index in [4.69, 9.17) is 5.14 Å². The van der Waals surface area contributed by atoms with E-state index in [0.29, 0.717) is 32.5 Å². The van der Waals surface area contributed by atoms with Crippen LogP contribution < -0.4 is 10.5 Å². The molecule has 152 valence electrons. The summed E-state index contributed by atoms with van der Waals surface area (Å²) in [5.41, 5.74) is -0.211. The zero-order chi connectivity index (χ0) is 20.2. The number of nitrogens with one attached hydrogen (secondary N) is 1. The highest BCUT2D eigenvalue weighted by Gasteiger charge is 2.28. The maximum absolute atomic E-state index is 12.2. The third kappa shape index (κ3) is 6.63. The molecule has 1 aliphatic rings. The Morgan fingerprint density at radius 1 is 1.30 bits per heavy atom. The number of nitrogens with zero attached hydrogens (tertiary/aromatic N) is 2. The number of hydrogen-bond donors (Lipinski definition) is 2. The standard InChI is InChI=1S/C15H21F3N4O4S/c16-15(17,18)6-1-7-21-8-4-11(5-9-21)20-13-3-2-12(27(19,25)26)10-14(13)22(23)24/h2-3,10-11,20H,1,4-9H2,(H2,19,25,26). The topological polar surface area (TPSA) is 119 Å². The predicted molar refractivity (Wildman–Crippen MR) is 92.8 cm³/mol. The van der Waals surface area contributed by atoms with Crippen LogP contribution in [0.1, 0.15) is 25.7 Å². The quantitative estimate of drug-likeness (QED) is 0.527. The zero-order valence-electron chi connectivity index (χ0n) is 14.4. The molecule has 0 spiro atoms. The Hall–Kier alpha value is -1.92. The molecule has 1 aromatic carbocycles. The van der Waals surface area contributed by atoms with Crippen LogP contribution in [0.15, 0.2) is 23.1 Å². The summed E-state index contributed by atoms with van der Waals surface area (Å²) >= 11 is 0. The number of nitro benzene ring substituents is 1. The van der Waals surface area contributed by atoms with Crippen LogP contribution in [0.3, 0.4) is 0 Å². The number of anilines is 1. The van der Waals surface area contributed by atoms with Gasteiger partial charge in [0, 0.05) is 31.6 Å². The Morgan fingerprint density at radius 2 is 1.93 bits per heavy atom. The number of likely N-dealkylation sites (tertiary alicyclic amines) is 1. The van der Waals surface area contributed by atoms with Crippen LogP contribution in [-0.2, 0) is 10.0 Å². The van der Waals surface area contributed by atoms with Gasteiger partial charge in [-0.15, -0.1) is 0 Å². The first-order chi connectivity index (χ1) is 12.5. The summed E-state index contributed by atoms with van der Waals surface area (Å²) in [6, 6.07) is 3.30. The van der Waals surface area contributed by atoms with Gasteiger partial charge in [-0.2, -0.15) is 13.2 Å². The van der Waals surface area contributed by atoms with Crippen molar-refractivity contribution < 1.29 is 26.5 Å². The number of piperidine rings is 1. The normalized spacial score (nSPS) is 17.0. The van der Waals surface area contributed by atoms with Gasteiger partial charge >= 0.3 is 6.18 Å². The lowest BCUT2D eigenvalue weighted by Crippen LogP contribution is -2.39. The molecule has 12 heteroatoms. The van der Waals surface area contributed by atoms with Crippen LogP contribution in [-0.4, -0.2) is 50.1 Å². The molecule has 1 saturated heterocycles. The first kappa shape index (κ1) is 21.4. The van der Waals surface area contributed by atoms with Crippen LogP contribution in [0.4, 0.5) is 24.5 Å². The average molecular weight is 410 g/mol. The number of nitro groups is 1. The molecule has 0 atom stereocenters. The predicted octanol–water partition coefficient (Wildman–Crippen LogP) is 2.46. The smallest absolute Gasteiger partial charge is 0.377 e. The van der Waals surface area contributed by atoms with E-state index in [1.807, 2.05) is 4.90 Å². The second-order valence-electron chi connectivity index (χ2n) is 6.46. The van der Waals surface area contributed by atoms with Crippen molar-refractivity contribution in [1.82, 2.24) is 4.90 Å². The van der Waals surface area contributed by atoms with Crippen molar-refractivity contribution in [3.8, 4) is 0 Å². The summed E-state index contributed by atoms with van der Waals surface area (Å²) in [6.45, 7) is 1.52. The molecule has 0 aliphatic carbocycles. The number of benzene rings is 1. The van der Waals surface area contributed by atoms with Gasteiger partial charge in [0.15, 0.2) is 0 Å². The van der Waals surface area contributed by atoms with Crippen molar-refractivity contribution in [3.05, 3.63) is 28.3 Å². The first-order valence-corrected chi connectivity index (χ1v) is 9.87. The molecular formula is C15H21F3N4O4S. The van der Waals surface area contributed by atoms with E-state index in [1.165, 1.54) is 12.1 Å². The maximum Gasteiger partial charge on any atom is 0.389 e. The third-order valence-electron chi connectivity index (χ3n) is 4.38. The van der Waals surface area contributed by atoms with Crippen LogP contribution in [0.5, 0.6) is 0 Å². The van der Waals surface area contributed by atoms with Crippen molar-refractivity contribution in [2.75, 3.05) is 25.0 Å². The molecule has 8 nitrogen and oxygen atoms in total. The van der Waals surface area contributed by atoms with Gasteiger partial charge in [-0.3, -0.25) is 10.1 Å². The number of sulfonamides is 1. The van der Waals surface area contributed by atoms with E-state index in [9.17, 15) is 31.7 Å². The summed E-state index contributed by atoms with van der Waals surface area (Å²) in [5, 5.41) is 19.2. The molecule has 0 amide bonds. The highest BCUT2D eigenvalue weighted by Crippen LogP contribution is 2.29. The molecule has 0 bridgehead atoms. The number of halogens is 3. The molecule has 1 heterocycles. The summed E-state index contributed by atoms with van der Waals surface area (Å²) < 4.78 is 59.3. The average Bonchev–Trinajstić information content (AvgIpc) is 2.54. The van der Waals surface area contributed by atoms with Crippen molar-refractivity contribution >= 4 is 21.4 Å². The summed E-state index contributed by atoms with van der Waals surface area (Å²) in [5.74, 6) is 0. The molecule has 0 aromatic heterocycles. The second kappa shape index (κ2) is 8.40. The van der Waals surface area contributed by atoms with Crippen molar-refractivity contribution in [2.45, 2.75) is 42.8 Å². The molecule has 0 radical (unpaired) electrons. The molecule has 3 N–H and O–H groups in total. The molecule has 1 fully saturated rings. The minimum Gasteiger partial charge on any atom is -0.377 e. The lowest BCUT2D eigenvalue weighted by atomic mass is 10.0. The number of rotatable bonds is 7.